The number of hydrogen-bond acceptors (Lipinski definition) is 3. The van der Waals surface area contributed by atoms with Gasteiger partial charge in [0.05, 0.1) is 24.0 Å². The van der Waals surface area contributed by atoms with Gasteiger partial charge in [-0.2, -0.15) is 13.2 Å². The average Bonchev–Trinajstić information content (AvgIpc) is 3.24. The Morgan fingerprint density at radius 2 is 2.04 bits per heavy atom. The van der Waals surface area contributed by atoms with Gasteiger partial charge in [-0.3, -0.25) is 4.79 Å². The van der Waals surface area contributed by atoms with Gasteiger partial charge in [0.15, 0.2) is 0 Å². The molecule has 1 aliphatic rings. The predicted molar refractivity (Wildman–Crippen MR) is 95.1 cm³/mol. The quantitative estimate of drug-likeness (QED) is 0.810. The molecular formula is C18H20F3N3O4. The van der Waals surface area contributed by atoms with E-state index < -0.39 is 43.1 Å². The Morgan fingerprint density at radius 3 is 2.64 bits per heavy atom. The Bertz CT molecular complexity index is 881. The Morgan fingerprint density at radius 1 is 1.29 bits per heavy atom. The molecule has 28 heavy (non-hydrogen) atoms. The molecule has 2 aromatic rings. The highest BCUT2D eigenvalue weighted by molar-refractivity contribution is 5.93. The number of rotatable bonds is 5. The summed E-state index contributed by atoms with van der Waals surface area (Å²) < 4.78 is 46.2. The molecule has 2 amide bonds. The van der Waals surface area contributed by atoms with Crippen LogP contribution < -0.4 is 5.32 Å². The average molecular weight is 399 g/mol. The highest BCUT2D eigenvalue weighted by Gasteiger charge is 2.53. The topological polar surface area (TPSA) is 83.8 Å². The van der Waals surface area contributed by atoms with Crippen molar-refractivity contribution in [2.24, 2.45) is 11.8 Å². The number of nitrogens with zero attached hydrogens (tertiary/aromatic N) is 2. The van der Waals surface area contributed by atoms with E-state index in [4.69, 9.17) is 9.84 Å². The van der Waals surface area contributed by atoms with Gasteiger partial charge in [0.2, 0.25) is 0 Å². The lowest BCUT2D eigenvalue weighted by Gasteiger charge is -2.19. The normalized spacial score (nSPS) is 19.9. The summed E-state index contributed by atoms with van der Waals surface area (Å²) in [5, 5.41) is 12.6. The van der Waals surface area contributed by atoms with Crippen LogP contribution in [0, 0.1) is 11.8 Å². The zero-order chi connectivity index (χ0) is 20.5. The number of ether oxygens (including phenoxy) is 1. The van der Waals surface area contributed by atoms with E-state index in [9.17, 15) is 22.8 Å². The monoisotopic (exact) mass is 399 g/mol. The molecule has 2 N–H and O–H groups in total. The first-order valence-corrected chi connectivity index (χ1v) is 8.64. The van der Waals surface area contributed by atoms with E-state index >= 15 is 0 Å². The number of hydrogen-bond donors (Lipinski definition) is 2. The van der Waals surface area contributed by atoms with E-state index in [1.807, 2.05) is 16.8 Å². The van der Waals surface area contributed by atoms with Gasteiger partial charge in [0.25, 0.3) is 0 Å². The fourth-order valence-corrected chi connectivity index (χ4v) is 3.40. The summed E-state index contributed by atoms with van der Waals surface area (Å²) in [6, 6.07) is 6.30. The molecule has 0 bridgehead atoms. The van der Waals surface area contributed by atoms with Crippen LogP contribution in [-0.2, 0) is 16.1 Å². The Labute approximate surface area is 158 Å². The van der Waals surface area contributed by atoms with Gasteiger partial charge in [-0.15, -0.1) is 0 Å². The molecule has 152 valence electrons. The number of amides is 2. The Balaban J connectivity index is 1.75. The maximum atomic E-state index is 13.1. The van der Waals surface area contributed by atoms with E-state index in [0.29, 0.717) is 18.8 Å². The highest BCUT2D eigenvalue weighted by Crippen LogP contribution is 2.38. The lowest BCUT2D eigenvalue weighted by Crippen LogP contribution is -2.35. The summed E-state index contributed by atoms with van der Waals surface area (Å²) in [5.74, 6) is -5.31. The molecule has 3 rings (SSSR count). The van der Waals surface area contributed by atoms with Crippen molar-refractivity contribution in [2.45, 2.75) is 12.7 Å². The van der Waals surface area contributed by atoms with Crippen LogP contribution in [0.3, 0.4) is 0 Å². The number of aliphatic carboxylic acids is 1. The second kappa shape index (κ2) is 7.70. The number of carboxylic acid groups (broad SMARTS) is 1. The van der Waals surface area contributed by atoms with Crippen molar-refractivity contribution >= 4 is 28.6 Å². The first-order chi connectivity index (χ1) is 13.2. The Hall–Kier alpha value is -2.75. The summed E-state index contributed by atoms with van der Waals surface area (Å²) in [5.41, 5.74) is 1.25. The van der Waals surface area contributed by atoms with Crippen molar-refractivity contribution in [3.63, 3.8) is 0 Å². The van der Waals surface area contributed by atoms with Crippen LogP contribution in [0.15, 0.2) is 30.5 Å². The number of carbonyl (C=O) groups excluding carboxylic acids is 1. The van der Waals surface area contributed by atoms with E-state index in [1.165, 1.54) is 0 Å². The Kier molecular flexibility index (Phi) is 5.50. The number of nitrogens with one attached hydrogen (secondary N) is 1. The van der Waals surface area contributed by atoms with Crippen molar-refractivity contribution in [3.8, 4) is 0 Å². The second-order valence-electron chi connectivity index (χ2n) is 6.70. The molecule has 1 saturated heterocycles. The van der Waals surface area contributed by atoms with Crippen molar-refractivity contribution in [1.29, 1.82) is 0 Å². The molecule has 2 heterocycles. The zero-order valence-corrected chi connectivity index (χ0v) is 15.1. The van der Waals surface area contributed by atoms with Crippen molar-refractivity contribution in [2.75, 3.05) is 32.1 Å². The molecule has 0 aliphatic carbocycles. The predicted octanol–water partition coefficient (Wildman–Crippen LogP) is 3.01. The third-order valence-electron chi connectivity index (χ3n) is 4.91. The fourth-order valence-electron chi connectivity index (χ4n) is 3.40. The third kappa shape index (κ3) is 4.06. The maximum absolute atomic E-state index is 13.1. The molecule has 0 unspecified atom stereocenters. The number of alkyl halides is 3. The number of anilines is 1. The minimum Gasteiger partial charge on any atom is -0.481 e. The molecule has 7 nitrogen and oxygen atoms in total. The van der Waals surface area contributed by atoms with Gasteiger partial charge in [-0.05, 0) is 23.6 Å². The number of carboxylic acids is 1. The van der Waals surface area contributed by atoms with Crippen molar-refractivity contribution in [1.82, 2.24) is 9.47 Å². The lowest BCUT2D eigenvalue weighted by atomic mass is 9.96. The molecule has 1 aliphatic heterocycles. The molecule has 1 fully saturated rings. The summed E-state index contributed by atoms with van der Waals surface area (Å²) in [6.07, 6.45) is -2.81. The summed E-state index contributed by atoms with van der Waals surface area (Å²) in [4.78, 5) is 24.5. The van der Waals surface area contributed by atoms with E-state index in [2.05, 4.69) is 5.32 Å². The van der Waals surface area contributed by atoms with Crippen LogP contribution in [0.4, 0.5) is 23.7 Å². The van der Waals surface area contributed by atoms with Gasteiger partial charge in [0.1, 0.15) is 0 Å². The molecule has 1 aromatic carbocycles. The summed E-state index contributed by atoms with van der Waals surface area (Å²) in [6.45, 7) is -0.0583. The lowest BCUT2D eigenvalue weighted by molar-refractivity contribution is -0.187. The SMILES string of the molecule is COCCn1ccc2ccc(NC(=O)N3C[C@@H](C(F)(F)F)[C@H](C(=O)O)C3)cc21. The smallest absolute Gasteiger partial charge is 0.394 e. The molecule has 10 heteroatoms. The van der Waals surface area contributed by atoms with Gasteiger partial charge >= 0.3 is 18.2 Å². The molecule has 0 saturated carbocycles. The van der Waals surface area contributed by atoms with E-state index in [0.717, 1.165) is 15.8 Å². The van der Waals surface area contributed by atoms with Crippen molar-refractivity contribution < 1.29 is 32.6 Å². The molecule has 0 spiro atoms. The van der Waals surface area contributed by atoms with Crippen LogP contribution in [0.25, 0.3) is 10.9 Å². The third-order valence-corrected chi connectivity index (χ3v) is 4.91. The van der Waals surface area contributed by atoms with E-state index in [-0.39, 0.29) is 0 Å². The van der Waals surface area contributed by atoms with Gasteiger partial charge in [-0.25, -0.2) is 4.79 Å². The summed E-state index contributed by atoms with van der Waals surface area (Å²) >= 11 is 0. The van der Waals surface area contributed by atoms with Gasteiger partial charge in [-0.1, -0.05) is 6.07 Å². The van der Waals surface area contributed by atoms with E-state index in [1.54, 1.807) is 25.3 Å². The number of likely N-dealkylation sites (tertiary alicyclic amines) is 1. The number of halogens is 3. The minimum atomic E-state index is -4.68. The number of benzene rings is 1. The highest BCUT2D eigenvalue weighted by atomic mass is 19.4. The first kappa shape index (κ1) is 20.0. The largest absolute Gasteiger partial charge is 0.481 e. The number of urea groups is 1. The number of carbonyl (C=O) groups is 2. The minimum absolute atomic E-state index is 0.414. The fraction of sp³-hybridized carbons (Fsp3) is 0.444. The van der Waals surface area contributed by atoms with Crippen LogP contribution in [0.5, 0.6) is 0 Å². The molecule has 1 aromatic heterocycles. The number of fused-ring (bicyclic) bond motifs is 1. The van der Waals surface area contributed by atoms with Gasteiger partial charge < -0.3 is 24.6 Å². The second-order valence-corrected chi connectivity index (χ2v) is 6.70. The van der Waals surface area contributed by atoms with Crippen LogP contribution in [0.1, 0.15) is 0 Å². The van der Waals surface area contributed by atoms with Crippen molar-refractivity contribution in [3.05, 3.63) is 30.5 Å². The standard InChI is InChI=1S/C18H20F3N3O4/c1-28-7-6-23-5-4-11-2-3-12(8-15(11)23)22-17(27)24-9-13(16(25)26)14(10-24)18(19,20)21/h2-5,8,13-14H,6-7,9-10H2,1H3,(H,22,27)(H,25,26)/t13-,14-/m1/s1. The zero-order valence-electron chi connectivity index (χ0n) is 15.1. The molecule has 2 atom stereocenters. The molecular weight excluding hydrogens is 379 g/mol. The van der Waals surface area contributed by atoms with Gasteiger partial charge in [0, 0.05) is 38.6 Å². The summed E-state index contributed by atoms with van der Waals surface area (Å²) in [7, 11) is 1.59. The number of aromatic nitrogens is 1. The maximum Gasteiger partial charge on any atom is 0.394 e. The number of methoxy groups -OCH3 is 1. The van der Waals surface area contributed by atoms with Crippen LogP contribution >= 0.6 is 0 Å². The molecule has 0 radical (unpaired) electrons. The van der Waals surface area contributed by atoms with Crippen LogP contribution in [-0.4, -0.2) is 59.6 Å². The van der Waals surface area contributed by atoms with Crippen LogP contribution in [0.2, 0.25) is 0 Å². The first-order valence-electron chi connectivity index (χ1n) is 8.64.